The highest BCUT2D eigenvalue weighted by molar-refractivity contribution is 5.89. The van der Waals surface area contributed by atoms with E-state index in [4.69, 9.17) is 9.84 Å². The van der Waals surface area contributed by atoms with Crippen LogP contribution in [-0.4, -0.2) is 23.3 Å². The molecule has 5 heteroatoms. The van der Waals surface area contributed by atoms with Crippen molar-refractivity contribution in [2.24, 2.45) is 0 Å². The summed E-state index contributed by atoms with van der Waals surface area (Å²) in [6.07, 6.45) is 0. The molecule has 3 N–H and O–H groups in total. The lowest BCUT2D eigenvalue weighted by Crippen LogP contribution is -2.04. The van der Waals surface area contributed by atoms with Crippen LogP contribution in [0.3, 0.4) is 0 Å². The number of ether oxygens (including phenoxy) is 1. The van der Waals surface area contributed by atoms with Crippen molar-refractivity contribution >= 4 is 11.7 Å². The molecule has 0 spiro atoms. The minimum atomic E-state index is -0.986. The maximum absolute atomic E-state index is 11.0. The fourth-order valence-electron chi connectivity index (χ4n) is 1.79. The summed E-state index contributed by atoms with van der Waals surface area (Å²) in [4.78, 5) is 11.0. The first-order chi connectivity index (χ1) is 9.60. The zero-order valence-corrected chi connectivity index (χ0v) is 11.0. The number of methoxy groups -OCH3 is 1. The highest BCUT2D eigenvalue weighted by atomic mass is 16.5. The highest BCUT2D eigenvalue weighted by Gasteiger charge is 2.08. The van der Waals surface area contributed by atoms with Crippen LogP contribution < -0.4 is 10.1 Å². The van der Waals surface area contributed by atoms with Gasteiger partial charge in [0.15, 0.2) is 0 Å². The molecular weight excluding hydrogens is 258 g/mol. The second kappa shape index (κ2) is 5.97. The topological polar surface area (TPSA) is 78.8 Å². The number of hydrogen-bond donors (Lipinski definition) is 3. The molecule has 2 rings (SSSR count). The molecule has 20 heavy (non-hydrogen) atoms. The summed E-state index contributed by atoms with van der Waals surface area (Å²) in [7, 11) is 1.53. The lowest BCUT2D eigenvalue weighted by atomic mass is 10.1. The van der Waals surface area contributed by atoms with Crippen LogP contribution in [0.5, 0.6) is 11.5 Å². The van der Waals surface area contributed by atoms with Gasteiger partial charge in [-0.1, -0.05) is 12.1 Å². The zero-order valence-electron chi connectivity index (χ0n) is 11.0. The van der Waals surface area contributed by atoms with Gasteiger partial charge in [0.1, 0.15) is 11.5 Å². The molecule has 0 bridgehead atoms. The third-order valence-corrected chi connectivity index (χ3v) is 2.87. The summed E-state index contributed by atoms with van der Waals surface area (Å²) in [5.41, 5.74) is 1.77. The molecule has 2 aromatic rings. The summed E-state index contributed by atoms with van der Waals surface area (Å²) in [6, 6.07) is 11.4. The second-order valence-corrected chi connectivity index (χ2v) is 4.24. The van der Waals surface area contributed by atoms with E-state index in [1.54, 1.807) is 30.3 Å². The van der Waals surface area contributed by atoms with Gasteiger partial charge in [0, 0.05) is 6.54 Å². The van der Waals surface area contributed by atoms with Gasteiger partial charge in [0.25, 0.3) is 0 Å². The average molecular weight is 273 g/mol. The van der Waals surface area contributed by atoms with Crippen molar-refractivity contribution < 1.29 is 19.7 Å². The van der Waals surface area contributed by atoms with Gasteiger partial charge >= 0.3 is 5.97 Å². The second-order valence-electron chi connectivity index (χ2n) is 4.24. The highest BCUT2D eigenvalue weighted by Crippen LogP contribution is 2.26. The molecule has 0 saturated carbocycles. The predicted molar refractivity (Wildman–Crippen MR) is 75.4 cm³/mol. The molecule has 0 aliphatic rings. The summed E-state index contributed by atoms with van der Waals surface area (Å²) >= 11 is 0. The molecule has 0 saturated heterocycles. The smallest absolute Gasteiger partial charge is 0.335 e. The standard InChI is InChI=1S/C15H15NO4/c1-20-14-7-4-11(15(18)19)8-13(14)16-9-10-2-5-12(17)6-3-10/h2-8,16-17H,9H2,1H3,(H,18,19). The largest absolute Gasteiger partial charge is 0.508 e. The first kappa shape index (κ1) is 13.7. The first-order valence-corrected chi connectivity index (χ1v) is 6.03. The molecule has 0 amide bonds. The Morgan fingerprint density at radius 2 is 1.90 bits per heavy atom. The fraction of sp³-hybridized carbons (Fsp3) is 0.133. The van der Waals surface area contributed by atoms with Crippen molar-refractivity contribution in [1.82, 2.24) is 0 Å². The van der Waals surface area contributed by atoms with E-state index in [2.05, 4.69) is 5.32 Å². The number of carbonyl (C=O) groups is 1. The Kier molecular flexibility index (Phi) is 4.10. The van der Waals surface area contributed by atoms with Gasteiger partial charge in [-0.15, -0.1) is 0 Å². The third kappa shape index (κ3) is 3.20. The van der Waals surface area contributed by atoms with Crippen LogP contribution in [0, 0.1) is 0 Å². The molecule has 2 aromatic carbocycles. The molecule has 0 radical (unpaired) electrons. The number of rotatable bonds is 5. The van der Waals surface area contributed by atoms with E-state index >= 15 is 0 Å². The Hall–Kier alpha value is -2.69. The number of phenols is 1. The number of carboxylic acids is 1. The summed E-state index contributed by atoms with van der Waals surface area (Å²) < 4.78 is 5.19. The maximum Gasteiger partial charge on any atom is 0.335 e. The minimum absolute atomic E-state index is 0.194. The zero-order chi connectivity index (χ0) is 14.5. The van der Waals surface area contributed by atoms with E-state index in [0.717, 1.165) is 5.56 Å². The quantitative estimate of drug-likeness (QED) is 0.780. The molecule has 5 nitrogen and oxygen atoms in total. The first-order valence-electron chi connectivity index (χ1n) is 6.03. The lowest BCUT2D eigenvalue weighted by molar-refractivity contribution is 0.0697. The van der Waals surface area contributed by atoms with Gasteiger partial charge in [-0.05, 0) is 35.9 Å². The average Bonchev–Trinajstić information content (AvgIpc) is 2.46. The van der Waals surface area contributed by atoms with E-state index < -0.39 is 5.97 Å². The third-order valence-electron chi connectivity index (χ3n) is 2.87. The minimum Gasteiger partial charge on any atom is -0.508 e. The van der Waals surface area contributed by atoms with E-state index in [9.17, 15) is 9.90 Å². The molecule has 0 fully saturated rings. The van der Waals surface area contributed by atoms with Crippen molar-refractivity contribution in [2.45, 2.75) is 6.54 Å². The molecular formula is C15H15NO4. The summed E-state index contributed by atoms with van der Waals surface area (Å²) in [5, 5.41) is 21.3. The van der Waals surface area contributed by atoms with Crippen LogP contribution in [0.4, 0.5) is 5.69 Å². The van der Waals surface area contributed by atoms with Gasteiger partial charge < -0.3 is 20.3 Å². The van der Waals surface area contributed by atoms with Crippen LogP contribution in [0.25, 0.3) is 0 Å². The Morgan fingerprint density at radius 1 is 1.20 bits per heavy atom. The fourth-order valence-corrected chi connectivity index (χ4v) is 1.79. The summed E-state index contributed by atoms with van der Waals surface area (Å²) in [5.74, 6) is -0.201. The van der Waals surface area contributed by atoms with Gasteiger partial charge in [0.2, 0.25) is 0 Å². The summed E-state index contributed by atoms with van der Waals surface area (Å²) in [6.45, 7) is 0.500. The van der Waals surface area contributed by atoms with Crippen molar-refractivity contribution in [1.29, 1.82) is 0 Å². The number of nitrogens with one attached hydrogen (secondary N) is 1. The molecule has 0 aliphatic carbocycles. The number of benzene rings is 2. The van der Waals surface area contributed by atoms with Crippen LogP contribution in [-0.2, 0) is 6.54 Å². The predicted octanol–water partition coefficient (Wildman–Crippen LogP) is 2.71. The van der Waals surface area contributed by atoms with E-state index in [1.165, 1.54) is 19.2 Å². The van der Waals surface area contributed by atoms with E-state index in [-0.39, 0.29) is 11.3 Å². The number of anilines is 1. The normalized spacial score (nSPS) is 10.1. The molecule has 0 unspecified atom stereocenters. The Labute approximate surface area is 116 Å². The van der Waals surface area contributed by atoms with Gasteiger partial charge in [0.05, 0.1) is 18.4 Å². The molecule has 104 valence electrons. The van der Waals surface area contributed by atoms with Crippen molar-refractivity contribution in [3.05, 3.63) is 53.6 Å². The van der Waals surface area contributed by atoms with Gasteiger partial charge in [-0.3, -0.25) is 0 Å². The van der Waals surface area contributed by atoms with Gasteiger partial charge in [-0.25, -0.2) is 4.79 Å². The van der Waals surface area contributed by atoms with Crippen LogP contribution in [0.15, 0.2) is 42.5 Å². The molecule has 0 atom stereocenters. The van der Waals surface area contributed by atoms with Crippen LogP contribution in [0.1, 0.15) is 15.9 Å². The Morgan fingerprint density at radius 3 is 2.50 bits per heavy atom. The van der Waals surface area contributed by atoms with E-state index in [1.807, 2.05) is 0 Å². The Balaban J connectivity index is 2.16. The van der Waals surface area contributed by atoms with E-state index in [0.29, 0.717) is 18.0 Å². The molecule has 0 aliphatic heterocycles. The Bertz CT molecular complexity index is 608. The maximum atomic E-state index is 11.0. The SMILES string of the molecule is COc1ccc(C(=O)O)cc1NCc1ccc(O)cc1. The van der Waals surface area contributed by atoms with Crippen molar-refractivity contribution in [3.8, 4) is 11.5 Å². The number of aromatic hydroxyl groups is 1. The van der Waals surface area contributed by atoms with Crippen LogP contribution >= 0.6 is 0 Å². The van der Waals surface area contributed by atoms with Crippen molar-refractivity contribution in [3.63, 3.8) is 0 Å². The van der Waals surface area contributed by atoms with Gasteiger partial charge in [-0.2, -0.15) is 0 Å². The lowest BCUT2D eigenvalue weighted by Gasteiger charge is -2.12. The molecule has 0 aromatic heterocycles. The number of aromatic carboxylic acids is 1. The van der Waals surface area contributed by atoms with Crippen LogP contribution in [0.2, 0.25) is 0 Å². The number of hydrogen-bond acceptors (Lipinski definition) is 4. The molecule has 0 heterocycles. The monoisotopic (exact) mass is 273 g/mol. The number of phenolic OH excluding ortho intramolecular Hbond substituents is 1. The number of carboxylic acid groups (broad SMARTS) is 1. The van der Waals surface area contributed by atoms with Crippen molar-refractivity contribution in [2.75, 3.05) is 12.4 Å².